The van der Waals surface area contributed by atoms with Gasteiger partial charge in [-0.25, -0.2) is 4.79 Å². The Hall–Kier alpha value is -2.75. The fourth-order valence-electron chi connectivity index (χ4n) is 6.30. The number of aryl methyl sites for hydroxylation is 1. The number of carbonyl (C=O) groups is 1. The molecule has 2 fully saturated rings. The van der Waals surface area contributed by atoms with Gasteiger partial charge in [0.2, 0.25) is 0 Å². The summed E-state index contributed by atoms with van der Waals surface area (Å²) in [5.74, 6) is 0.455. The molecule has 2 aliphatic carbocycles. The Labute approximate surface area is 203 Å². The van der Waals surface area contributed by atoms with E-state index in [2.05, 4.69) is 17.0 Å². The zero-order valence-corrected chi connectivity index (χ0v) is 20.1. The molecule has 1 N–H and O–H groups in total. The molecule has 2 aromatic rings. The molecule has 2 aromatic carbocycles. The van der Waals surface area contributed by atoms with Crippen LogP contribution in [0.4, 0.5) is 0 Å². The monoisotopic (exact) mass is 459 g/mol. The van der Waals surface area contributed by atoms with E-state index in [1.807, 2.05) is 48.5 Å². The molecule has 180 valence electrons. The Kier molecular flexibility index (Phi) is 6.94. The molecule has 0 spiro atoms. The molecule has 1 atom stereocenters. The van der Waals surface area contributed by atoms with E-state index < -0.39 is 5.60 Å². The van der Waals surface area contributed by atoms with Crippen LogP contribution >= 0.6 is 0 Å². The summed E-state index contributed by atoms with van der Waals surface area (Å²) in [6, 6.07) is 20.6. The fraction of sp³-hybridized carbons (Fsp3) is 0.500. The van der Waals surface area contributed by atoms with Gasteiger partial charge < -0.3 is 14.7 Å². The van der Waals surface area contributed by atoms with Crippen molar-refractivity contribution < 1.29 is 14.6 Å². The van der Waals surface area contributed by atoms with E-state index in [1.54, 1.807) is 0 Å². The zero-order chi connectivity index (χ0) is 23.4. The van der Waals surface area contributed by atoms with Gasteiger partial charge in [-0.05, 0) is 55.6 Å². The van der Waals surface area contributed by atoms with E-state index in [0.29, 0.717) is 30.5 Å². The molecule has 2 saturated carbocycles. The van der Waals surface area contributed by atoms with E-state index in [4.69, 9.17) is 4.74 Å². The molecule has 1 unspecified atom stereocenters. The van der Waals surface area contributed by atoms with Gasteiger partial charge in [0.05, 0.1) is 6.42 Å². The second-order valence-electron chi connectivity index (χ2n) is 10.4. The van der Waals surface area contributed by atoms with Gasteiger partial charge in [-0.1, -0.05) is 86.3 Å². The van der Waals surface area contributed by atoms with Crippen LogP contribution in [0.15, 0.2) is 72.1 Å². The first-order valence-electron chi connectivity index (χ1n) is 13.2. The predicted molar refractivity (Wildman–Crippen MR) is 134 cm³/mol. The van der Waals surface area contributed by atoms with Crippen LogP contribution in [0, 0.1) is 5.92 Å². The lowest BCUT2D eigenvalue weighted by Crippen LogP contribution is -2.46. The second kappa shape index (κ2) is 10.2. The van der Waals surface area contributed by atoms with Gasteiger partial charge in [0.1, 0.15) is 11.4 Å². The Bertz CT molecular complexity index is 990. The van der Waals surface area contributed by atoms with Crippen molar-refractivity contribution in [2.45, 2.75) is 82.3 Å². The Morgan fingerprint density at radius 2 is 1.50 bits per heavy atom. The van der Waals surface area contributed by atoms with E-state index in [0.717, 1.165) is 31.4 Å². The van der Waals surface area contributed by atoms with E-state index in [9.17, 15) is 9.90 Å². The van der Waals surface area contributed by atoms with Crippen LogP contribution in [-0.2, 0) is 21.6 Å². The lowest BCUT2D eigenvalue weighted by molar-refractivity contribution is -0.164. The topological polar surface area (TPSA) is 49.8 Å². The molecule has 0 radical (unpaired) electrons. The van der Waals surface area contributed by atoms with E-state index >= 15 is 0 Å². The number of ether oxygens (including phenoxy) is 1. The maximum atomic E-state index is 13.7. The SMILES string of the molecule is O=C1OC(CCc2ccccc2)(c2ccccc2)CC(O)=C1N(CC1CCCC1)C1CCCC1. The van der Waals surface area contributed by atoms with Gasteiger partial charge in [-0.3, -0.25) is 0 Å². The third kappa shape index (κ3) is 4.87. The summed E-state index contributed by atoms with van der Waals surface area (Å²) in [6.45, 7) is 0.863. The summed E-state index contributed by atoms with van der Waals surface area (Å²) in [4.78, 5) is 15.9. The molecule has 3 aliphatic rings. The van der Waals surface area contributed by atoms with Crippen LogP contribution in [-0.4, -0.2) is 28.6 Å². The third-order valence-corrected chi connectivity index (χ3v) is 8.15. The highest BCUT2D eigenvalue weighted by atomic mass is 16.6. The van der Waals surface area contributed by atoms with Crippen molar-refractivity contribution in [1.82, 2.24) is 4.90 Å². The standard InChI is InChI=1S/C30H37NO3/c32-27-21-30(25-15-5-2-6-16-25,20-19-23-11-3-1-4-12-23)34-29(33)28(27)31(26-17-9-10-18-26)22-24-13-7-8-14-24/h1-6,11-12,15-16,24,26,32H,7-10,13-14,17-22H2. The average Bonchev–Trinajstić information content (AvgIpc) is 3.58. The number of benzene rings is 2. The predicted octanol–water partition coefficient (Wildman–Crippen LogP) is 6.67. The van der Waals surface area contributed by atoms with Crippen LogP contribution < -0.4 is 0 Å². The van der Waals surface area contributed by atoms with Crippen LogP contribution in [0.25, 0.3) is 0 Å². The molecule has 0 amide bonds. The Morgan fingerprint density at radius 1 is 0.882 bits per heavy atom. The van der Waals surface area contributed by atoms with Crippen molar-refractivity contribution in [2.24, 2.45) is 5.92 Å². The van der Waals surface area contributed by atoms with Crippen LogP contribution in [0.2, 0.25) is 0 Å². The molecule has 34 heavy (non-hydrogen) atoms. The quantitative estimate of drug-likeness (QED) is 0.448. The third-order valence-electron chi connectivity index (χ3n) is 8.15. The molecule has 4 heteroatoms. The summed E-state index contributed by atoms with van der Waals surface area (Å²) < 4.78 is 6.37. The number of rotatable bonds is 8. The van der Waals surface area contributed by atoms with Crippen LogP contribution in [0.5, 0.6) is 0 Å². The van der Waals surface area contributed by atoms with Gasteiger partial charge in [-0.15, -0.1) is 0 Å². The molecular weight excluding hydrogens is 422 g/mol. The molecule has 0 saturated heterocycles. The number of hydrogen-bond donors (Lipinski definition) is 1. The molecule has 4 nitrogen and oxygen atoms in total. The first-order valence-corrected chi connectivity index (χ1v) is 13.2. The highest BCUT2D eigenvalue weighted by Gasteiger charge is 2.46. The van der Waals surface area contributed by atoms with Crippen molar-refractivity contribution >= 4 is 5.97 Å². The molecular formula is C30H37NO3. The number of esters is 1. The minimum absolute atomic E-state index is 0.207. The van der Waals surface area contributed by atoms with Gasteiger partial charge in [0.15, 0.2) is 5.70 Å². The van der Waals surface area contributed by atoms with Gasteiger partial charge >= 0.3 is 5.97 Å². The summed E-state index contributed by atoms with van der Waals surface area (Å²) in [5.41, 5.74) is 1.74. The van der Waals surface area contributed by atoms with E-state index in [-0.39, 0.29) is 11.7 Å². The second-order valence-corrected chi connectivity index (χ2v) is 10.4. The van der Waals surface area contributed by atoms with Crippen LogP contribution in [0.1, 0.15) is 75.3 Å². The number of aliphatic hydroxyl groups excluding tert-OH is 1. The lowest BCUT2D eigenvalue weighted by Gasteiger charge is -2.42. The largest absolute Gasteiger partial charge is 0.510 e. The van der Waals surface area contributed by atoms with Crippen molar-refractivity contribution in [2.75, 3.05) is 6.54 Å². The Balaban J connectivity index is 1.46. The number of cyclic esters (lactones) is 1. The highest BCUT2D eigenvalue weighted by Crippen LogP contribution is 2.43. The van der Waals surface area contributed by atoms with Gasteiger partial charge in [0, 0.05) is 12.6 Å². The van der Waals surface area contributed by atoms with Crippen molar-refractivity contribution in [3.8, 4) is 0 Å². The Morgan fingerprint density at radius 3 is 2.15 bits per heavy atom. The van der Waals surface area contributed by atoms with E-state index in [1.165, 1.54) is 44.1 Å². The maximum Gasteiger partial charge on any atom is 0.359 e. The maximum absolute atomic E-state index is 13.7. The first-order chi connectivity index (χ1) is 16.6. The normalized spacial score (nSPS) is 23.9. The minimum atomic E-state index is -0.851. The summed E-state index contributed by atoms with van der Waals surface area (Å²) in [6.07, 6.45) is 11.3. The molecule has 5 rings (SSSR count). The van der Waals surface area contributed by atoms with Crippen LogP contribution in [0.3, 0.4) is 0 Å². The van der Waals surface area contributed by atoms with Gasteiger partial charge in [-0.2, -0.15) is 0 Å². The first kappa shape index (κ1) is 23.0. The molecule has 0 bridgehead atoms. The number of carbonyl (C=O) groups excluding carboxylic acids is 1. The number of hydrogen-bond acceptors (Lipinski definition) is 4. The molecule has 1 heterocycles. The smallest absolute Gasteiger partial charge is 0.359 e. The van der Waals surface area contributed by atoms with Gasteiger partial charge in [0.25, 0.3) is 0 Å². The van der Waals surface area contributed by atoms with Crippen molar-refractivity contribution in [3.63, 3.8) is 0 Å². The molecule has 1 aliphatic heterocycles. The number of aliphatic hydroxyl groups is 1. The summed E-state index contributed by atoms with van der Waals surface area (Å²) in [7, 11) is 0. The summed E-state index contributed by atoms with van der Waals surface area (Å²) in [5, 5.41) is 11.5. The highest BCUT2D eigenvalue weighted by molar-refractivity contribution is 5.90. The average molecular weight is 460 g/mol. The fourth-order valence-corrected chi connectivity index (χ4v) is 6.30. The molecule has 0 aromatic heterocycles. The lowest BCUT2D eigenvalue weighted by atomic mass is 9.82. The minimum Gasteiger partial charge on any atom is -0.510 e. The van der Waals surface area contributed by atoms with Crippen molar-refractivity contribution in [3.05, 3.63) is 83.2 Å². The number of nitrogens with zero attached hydrogens (tertiary/aromatic N) is 1. The van der Waals surface area contributed by atoms with Crippen molar-refractivity contribution in [1.29, 1.82) is 0 Å². The summed E-state index contributed by atoms with van der Waals surface area (Å²) >= 11 is 0. The zero-order valence-electron chi connectivity index (χ0n) is 20.1.